The van der Waals surface area contributed by atoms with Crippen LogP contribution in [-0.4, -0.2) is 12.8 Å². The number of halogens is 1. The van der Waals surface area contributed by atoms with E-state index in [0.29, 0.717) is 17.3 Å². The van der Waals surface area contributed by atoms with Crippen LogP contribution in [0.25, 0.3) is 10.1 Å². The van der Waals surface area contributed by atoms with Crippen LogP contribution >= 0.6 is 22.9 Å². The number of nitrogens with one attached hydrogen (secondary N) is 1. The number of rotatable bonds is 4. The molecule has 2 aromatic carbocycles. The van der Waals surface area contributed by atoms with Gasteiger partial charge in [-0.05, 0) is 47.9 Å². The van der Waals surface area contributed by atoms with Crippen molar-refractivity contribution in [3.8, 4) is 11.5 Å². The van der Waals surface area contributed by atoms with E-state index in [1.165, 1.54) is 4.70 Å². The van der Waals surface area contributed by atoms with E-state index >= 15 is 0 Å². The van der Waals surface area contributed by atoms with Crippen LogP contribution in [0.4, 0.5) is 5.69 Å². The Morgan fingerprint density at radius 2 is 2.09 bits per heavy atom. The minimum absolute atomic E-state index is 0.571. The van der Waals surface area contributed by atoms with Gasteiger partial charge in [-0.3, -0.25) is 4.99 Å². The number of benzene rings is 2. The maximum Gasteiger partial charge on any atom is 0.146 e. The Labute approximate surface area is 142 Å². The number of allylic oxidation sites excluding steroid dienone is 1. The van der Waals surface area contributed by atoms with Crippen molar-refractivity contribution in [1.29, 1.82) is 0 Å². The summed E-state index contributed by atoms with van der Waals surface area (Å²) in [7, 11) is 0. The first kappa shape index (κ1) is 14.3. The van der Waals surface area contributed by atoms with E-state index < -0.39 is 0 Å². The number of aliphatic imine (C=N–C) groups is 1. The molecule has 0 unspecified atom stereocenters. The summed E-state index contributed by atoms with van der Waals surface area (Å²) in [4.78, 5) is 4.14. The minimum Gasteiger partial charge on any atom is -0.455 e. The van der Waals surface area contributed by atoms with Crippen LogP contribution < -0.4 is 10.1 Å². The number of anilines is 1. The van der Waals surface area contributed by atoms with E-state index in [1.54, 1.807) is 17.6 Å². The molecule has 0 spiro atoms. The summed E-state index contributed by atoms with van der Waals surface area (Å²) in [6.07, 6.45) is 3.75. The highest BCUT2D eigenvalue weighted by Gasteiger charge is 2.09. The van der Waals surface area contributed by atoms with Crippen LogP contribution in [0.15, 0.2) is 64.6 Å². The average molecular weight is 341 g/mol. The Bertz CT molecular complexity index is 930. The lowest BCUT2D eigenvalue weighted by Crippen LogP contribution is -2.00. The molecule has 0 radical (unpaired) electrons. The zero-order chi connectivity index (χ0) is 15.6. The van der Waals surface area contributed by atoms with Gasteiger partial charge in [-0.2, -0.15) is 0 Å². The molecule has 0 saturated carbocycles. The van der Waals surface area contributed by atoms with Gasteiger partial charge in [-0.1, -0.05) is 17.7 Å². The molecule has 0 saturated heterocycles. The maximum absolute atomic E-state index is 6.38. The number of fused-ring (bicyclic) bond motifs is 1. The molecule has 1 aliphatic heterocycles. The second kappa shape index (κ2) is 6.07. The quantitative estimate of drug-likeness (QED) is 0.658. The molecule has 3 nitrogen and oxygen atoms in total. The number of thiophene rings is 1. The van der Waals surface area contributed by atoms with E-state index in [0.717, 1.165) is 22.5 Å². The van der Waals surface area contributed by atoms with E-state index in [1.807, 2.05) is 36.4 Å². The van der Waals surface area contributed by atoms with Gasteiger partial charge < -0.3 is 10.1 Å². The predicted octanol–water partition coefficient (Wildman–Crippen LogP) is 5.73. The van der Waals surface area contributed by atoms with E-state index in [-0.39, 0.29) is 0 Å². The van der Waals surface area contributed by atoms with Gasteiger partial charge in [0, 0.05) is 27.7 Å². The Morgan fingerprint density at radius 3 is 2.91 bits per heavy atom. The van der Waals surface area contributed by atoms with Crippen molar-refractivity contribution in [2.45, 2.75) is 0 Å². The van der Waals surface area contributed by atoms with Crippen molar-refractivity contribution in [1.82, 2.24) is 0 Å². The highest BCUT2D eigenvalue weighted by atomic mass is 35.5. The summed E-state index contributed by atoms with van der Waals surface area (Å²) >= 11 is 8.07. The average Bonchev–Trinajstić information content (AvgIpc) is 3.21. The van der Waals surface area contributed by atoms with E-state index in [4.69, 9.17) is 16.3 Å². The lowest BCUT2D eigenvalue weighted by Gasteiger charge is -2.11. The SMILES string of the molecule is Clc1cc(NC2=CC=NC2)ccc1Oc1cccc2sccc12. The molecule has 0 fully saturated rings. The summed E-state index contributed by atoms with van der Waals surface area (Å²) in [6, 6.07) is 13.8. The zero-order valence-corrected chi connectivity index (χ0v) is 13.7. The normalized spacial score (nSPS) is 13.3. The van der Waals surface area contributed by atoms with Crippen molar-refractivity contribution in [2.75, 3.05) is 11.9 Å². The van der Waals surface area contributed by atoms with Crippen molar-refractivity contribution >= 4 is 44.9 Å². The van der Waals surface area contributed by atoms with Crippen molar-refractivity contribution < 1.29 is 4.74 Å². The Kier molecular flexibility index (Phi) is 3.77. The highest BCUT2D eigenvalue weighted by Crippen LogP contribution is 2.36. The van der Waals surface area contributed by atoms with Crippen molar-refractivity contribution in [3.63, 3.8) is 0 Å². The topological polar surface area (TPSA) is 33.6 Å². The molecule has 0 amide bonds. The molecule has 0 aliphatic carbocycles. The third-order valence-corrected chi connectivity index (χ3v) is 4.73. The minimum atomic E-state index is 0.571. The maximum atomic E-state index is 6.38. The molecule has 2 heterocycles. The molecular weight excluding hydrogens is 328 g/mol. The monoisotopic (exact) mass is 340 g/mol. The third kappa shape index (κ3) is 2.96. The Morgan fingerprint density at radius 1 is 1.13 bits per heavy atom. The van der Waals surface area contributed by atoms with Crippen LogP contribution in [0.2, 0.25) is 5.02 Å². The molecule has 114 valence electrons. The van der Waals surface area contributed by atoms with Gasteiger partial charge in [-0.25, -0.2) is 0 Å². The van der Waals surface area contributed by atoms with Gasteiger partial charge in [0.25, 0.3) is 0 Å². The van der Waals surface area contributed by atoms with Gasteiger partial charge in [0.2, 0.25) is 0 Å². The molecule has 23 heavy (non-hydrogen) atoms. The number of nitrogens with zero attached hydrogens (tertiary/aromatic N) is 1. The summed E-state index contributed by atoms with van der Waals surface area (Å²) < 4.78 is 7.21. The second-order valence-electron chi connectivity index (χ2n) is 5.14. The smallest absolute Gasteiger partial charge is 0.146 e. The van der Waals surface area contributed by atoms with Gasteiger partial charge in [0.05, 0.1) is 11.6 Å². The molecule has 3 aromatic rings. The van der Waals surface area contributed by atoms with Crippen LogP contribution in [-0.2, 0) is 0 Å². The summed E-state index contributed by atoms with van der Waals surface area (Å²) in [5, 5.41) is 7.03. The molecule has 5 heteroatoms. The molecule has 1 N–H and O–H groups in total. The molecule has 1 aromatic heterocycles. The van der Waals surface area contributed by atoms with E-state index in [2.05, 4.69) is 27.8 Å². The summed E-state index contributed by atoms with van der Waals surface area (Å²) in [5.41, 5.74) is 1.98. The predicted molar refractivity (Wildman–Crippen MR) is 98.4 cm³/mol. The van der Waals surface area contributed by atoms with E-state index in [9.17, 15) is 0 Å². The van der Waals surface area contributed by atoms with Crippen LogP contribution in [0.5, 0.6) is 11.5 Å². The fourth-order valence-corrected chi connectivity index (χ4v) is 3.47. The second-order valence-corrected chi connectivity index (χ2v) is 6.50. The van der Waals surface area contributed by atoms with Crippen molar-refractivity contribution in [2.24, 2.45) is 4.99 Å². The first-order valence-electron chi connectivity index (χ1n) is 7.19. The van der Waals surface area contributed by atoms with Crippen LogP contribution in [0.1, 0.15) is 0 Å². The lowest BCUT2D eigenvalue weighted by atomic mass is 10.2. The standard InChI is InChI=1S/C18H13ClN2OS/c19-15-10-12(21-13-6-8-20-11-13)4-5-17(15)22-16-2-1-3-18-14(16)7-9-23-18/h1-10,21H,11H2. The summed E-state index contributed by atoms with van der Waals surface area (Å²) in [5.74, 6) is 1.46. The first-order chi connectivity index (χ1) is 11.3. The zero-order valence-electron chi connectivity index (χ0n) is 12.1. The molecule has 0 bridgehead atoms. The van der Waals surface area contributed by atoms with Crippen molar-refractivity contribution in [3.05, 3.63) is 64.6 Å². The molecule has 4 rings (SSSR count). The summed E-state index contributed by atoms with van der Waals surface area (Å²) in [6.45, 7) is 0.677. The van der Waals surface area contributed by atoms with Crippen LogP contribution in [0, 0.1) is 0 Å². The van der Waals surface area contributed by atoms with Gasteiger partial charge >= 0.3 is 0 Å². The number of hydrogen-bond acceptors (Lipinski definition) is 4. The highest BCUT2D eigenvalue weighted by molar-refractivity contribution is 7.17. The molecule has 1 aliphatic rings. The molecule has 0 atom stereocenters. The Balaban J connectivity index is 1.58. The van der Waals surface area contributed by atoms with Crippen LogP contribution in [0.3, 0.4) is 0 Å². The lowest BCUT2D eigenvalue weighted by molar-refractivity contribution is 0.489. The third-order valence-electron chi connectivity index (χ3n) is 3.56. The fraction of sp³-hybridized carbons (Fsp3) is 0.0556. The largest absolute Gasteiger partial charge is 0.455 e. The van der Waals surface area contributed by atoms with Gasteiger partial charge in [0.15, 0.2) is 0 Å². The number of hydrogen-bond donors (Lipinski definition) is 1. The van der Waals surface area contributed by atoms with Gasteiger partial charge in [0.1, 0.15) is 11.5 Å². The number of ether oxygens (including phenoxy) is 1. The first-order valence-corrected chi connectivity index (χ1v) is 8.45. The van der Waals surface area contributed by atoms with Gasteiger partial charge in [-0.15, -0.1) is 11.3 Å². The fourth-order valence-electron chi connectivity index (χ4n) is 2.45. The molecular formula is C18H13ClN2OS. The Hall–Kier alpha value is -2.30.